The van der Waals surface area contributed by atoms with Crippen LogP contribution in [0.2, 0.25) is 0 Å². The summed E-state index contributed by atoms with van der Waals surface area (Å²) in [5.41, 5.74) is 3.60. The standard InChI is InChI=1S/C28H35N5O3/c1-20-18-26(24-6-4-5-7-25(24)30-20)31-28(35)29-15-17-33-16-14-22(19-33)32(2)27(34)13-10-21-8-11-23(36-3)12-9-21/h4-9,11-12,18,22H,10,13-17,19H2,1-3H3,(H2,29,30,31,35). The molecule has 1 aromatic heterocycles. The molecule has 1 unspecified atom stereocenters. The number of hydrogen-bond donors (Lipinski definition) is 2. The van der Waals surface area contributed by atoms with Crippen molar-refractivity contribution in [3.05, 3.63) is 65.9 Å². The highest BCUT2D eigenvalue weighted by molar-refractivity contribution is 6.00. The minimum Gasteiger partial charge on any atom is -0.497 e. The molecule has 8 nitrogen and oxygen atoms in total. The number of nitrogens with zero attached hydrogens (tertiary/aromatic N) is 3. The number of aryl methyl sites for hydroxylation is 2. The number of likely N-dealkylation sites (tertiary alicyclic amines) is 1. The summed E-state index contributed by atoms with van der Waals surface area (Å²) >= 11 is 0. The number of para-hydroxylation sites is 1. The molecule has 0 bridgehead atoms. The molecule has 2 heterocycles. The van der Waals surface area contributed by atoms with Gasteiger partial charge >= 0.3 is 6.03 Å². The number of carbonyl (C=O) groups excluding carboxylic acids is 2. The van der Waals surface area contributed by atoms with E-state index in [9.17, 15) is 9.59 Å². The summed E-state index contributed by atoms with van der Waals surface area (Å²) in [6, 6.07) is 17.5. The van der Waals surface area contributed by atoms with Gasteiger partial charge in [-0.3, -0.25) is 14.7 Å². The number of likely N-dealkylation sites (N-methyl/N-ethyl adjacent to an activating group) is 1. The summed E-state index contributed by atoms with van der Waals surface area (Å²) < 4.78 is 5.19. The zero-order valence-corrected chi connectivity index (χ0v) is 21.3. The SMILES string of the molecule is COc1ccc(CCC(=O)N(C)C2CCN(CCNC(=O)Nc3cc(C)nc4ccccc34)C2)cc1. The highest BCUT2D eigenvalue weighted by Gasteiger charge is 2.27. The van der Waals surface area contributed by atoms with Crippen molar-refractivity contribution in [1.29, 1.82) is 0 Å². The van der Waals surface area contributed by atoms with E-state index in [1.807, 2.05) is 73.5 Å². The molecular formula is C28H35N5O3. The van der Waals surface area contributed by atoms with E-state index in [1.54, 1.807) is 7.11 Å². The van der Waals surface area contributed by atoms with E-state index in [0.29, 0.717) is 13.0 Å². The number of carbonyl (C=O) groups is 2. The second-order valence-corrected chi connectivity index (χ2v) is 9.31. The van der Waals surface area contributed by atoms with Gasteiger partial charge in [-0.05, 0) is 49.6 Å². The molecular weight excluding hydrogens is 454 g/mol. The Morgan fingerprint density at radius 2 is 1.94 bits per heavy atom. The highest BCUT2D eigenvalue weighted by atomic mass is 16.5. The lowest BCUT2D eigenvalue weighted by Crippen LogP contribution is -2.40. The summed E-state index contributed by atoms with van der Waals surface area (Å²) in [5, 5.41) is 6.83. The van der Waals surface area contributed by atoms with E-state index in [0.717, 1.165) is 66.1 Å². The normalized spacial score (nSPS) is 15.6. The Kier molecular flexibility index (Phi) is 8.38. The Morgan fingerprint density at radius 3 is 2.72 bits per heavy atom. The number of rotatable bonds is 9. The first-order valence-electron chi connectivity index (χ1n) is 12.4. The fourth-order valence-corrected chi connectivity index (χ4v) is 4.66. The van der Waals surface area contributed by atoms with Gasteiger partial charge in [-0.2, -0.15) is 0 Å². The number of nitrogens with one attached hydrogen (secondary N) is 2. The summed E-state index contributed by atoms with van der Waals surface area (Å²) in [7, 11) is 3.55. The van der Waals surface area contributed by atoms with Crippen LogP contribution in [0.4, 0.5) is 10.5 Å². The van der Waals surface area contributed by atoms with Gasteiger partial charge in [0.2, 0.25) is 5.91 Å². The third-order valence-electron chi connectivity index (χ3n) is 6.78. The molecule has 8 heteroatoms. The van der Waals surface area contributed by atoms with Gasteiger partial charge in [0, 0.05) is 56.8 Å². The summed E-state index contributed by atoms with van der Waals surface area (Å²) in [6.45, 7) is 4.93. The monoisotopic (exact) mass is 489 g/mol. The lowest BCUT2D eigenvalue weighted by Gasteiger charge is -2.25. The third kappa shape index (κ3) is 6.51. The first kappa shape index (κ1) is 25.4. The van der Waals surface area contributed by atoms with Crippen LogP contribution >= 0.6 is 0 Å². The smallest absolute Gasteiger partial charge is 0.319 e. The van der Waals surface area contributed by atoms with E-state index in [1.165, 1.54) is 0 Å². The zero-order valence-electron chi connectivity index (χ0n) is 21.3. The lowest BCUT2D eigenvalue weighted by atomic mass is 10.1. The molecule has 4 rings (SSSR count). The molecule has 1 atom stereocenters. The van der Waals surface area contributed by atoms with Crippen LogP contribution in [0.15, 0.2) is 54.6 Å². The number of urea groups is 1. The molecule has 1 saturated heterocycles. The van der Waals surface area contributed by atoms with Crippen LogP contribution in [0.25, 0.3) is 10.9 Å². The Morgan fingerprint density at radius 1 is 1.17 bits per heavy atom. The first-order chi connectivity index (χ1) is 17.4. The maximum absolute atomic E-state index is 12.7. The Hall–Kier alpha value is -3.65. The molecule has 1 aliphatic heterocycles. The van der Waals surface area contributed by atoms with Crippen LogP contribution < -0.4 is 15.4 Å². The van der Waals surface area contributed by atoms with Gasteiger partial charge in [0.05, 0.1) is 18.3 Å². The van der Waals surface area contributed by atoms with Gasteiger partial charge in [-0.1, -0.05) is 30.3 Å². The molecule has 3 amide bonds. The number of hydrogen-bond acceptors (Lipinski definition) is 5. The molecule has 2 aromatic carbocycles. The minimum atomic E-state index is -0.229. The molecule has 3 aromatic rings. The molecule has 36 heavy (non-hydrogen) atoms. The van der Waals surface area contributed by atoms with Crippen molar-refractivity contribution in [3.8, 4) is 5.75 Å². The van der Waals surface area contributed by atoms with Crippen LogP contribution in [0.5, 0.6) is 5.75 Å². The van der Waals surface area contributed by atoms with E-state index in [4.69, 9.17) is 4.74 Å². The molecule has 2 N–H and O–H groups in total. The number of amides is 3. The van der Waals surface area contributed by atoms with E-state index < -0.39 is 0 Å². The number of fused-ring (bicyclic) bond motifs is 1. The van der Waals surface area contributed by atoms with Gasteiger partial charge in [0.25, 0.3) is 0 Å². The second-order valence-electron chi connectivity index (χ2n) is 9.31. The lowest BCUT2D eigenvalue weighted by molar-refractivity contribution is -0.131. The number of anilines is 1. The molecule has 0 radical (unpaired) electrons. The zero-order chi connectivity index (χ0) is 25.5. The van der Waals surface area contributed by atoms with Crippen LogP contribution in [0, 0.1) is 6.92 Å². The van der Waals surface area contributed by atoms with Crippen LogP contribution in [-0.2, 0) is 11.2 Å². The van der Waals surface area contributed by atoms with Gasteiger partial charge in [-0.15, -0.1) is 0 Å². The first-order valence-corrected chi connectivity index (χ1v) is 12.4. The van der Waals surface area contributed by atoms with E-state index in [-0.39, 0.29) is 18.0 Å². The van der Waals surface area contributed by atoms with E-state index in [2.05, 4.69) is 20.5 Å². The molecule has 1 fully saturated rings. The van der Waals surface area contributed by atoms with Crippen molar-refractivity contribution >= 4 is 28.5 Å². The Balaban J connectivity index is 1.19. The average molecular weight is 490 g/mol. The molecule has 190 valence electrons. The number of pyridine rings is 1. The van der Waals surface area contributed by atoms with Crippen LogP contribution in [0.3, 0.4) is 0 Å². The van der Waals surface area contributed by atoms with Crippen molar-refractivity contribution in [1.82, 2.24) is 20.1 Å². The van der Waals surface area contributed by atoms with Gasteiger partial charge < -0.3 is 20.3 Å². The molecule has 0 spiro atoms. The Bertz CT molecular complexity index is 1200. The van der Waals surface area contributed by atoms with Crippen molar-refractivity contribution in [3.63, 3.8) is 0 Å². The topological polar surface area (TPSA) is 86.8 Å². The second kappa shape index (κ2) is 11.9. The number of methoxy groups -OCH3 is 1. The van der Waals surface area contributed by atoms with Gasteiger partial charge in [0.15, 0.2) is 0 Å². The van der Waals surface area contributed by atoms with Gasteiger partial charge in [0.1, 0.15) is 5.75 Å². The highest BCUT2D eigenvalue weighted by Crippen LogP contribution is 2.23. The summed E-state index contributed by atoms with van der Waals surface area (Å²) in [6.07, 6.45) is 2.15. The summed E-state index contributed by atoms with van der Waals surface area (Å²) in [5.74, 6) is 0.983. The number of benzene rings is 2. The maximum Gasteiger partial charge on any atom is 0.319 e. The minimum absolute atomic E-state index is 0.162. The molecule has 1 aliphatic rings. The average Bonchev–Trinajstić information content (AvgIpc) is 3.36. The van der Waals surface area contributed by atoms with E-state index >= 15 is 0 Å². The predicted molar refractivity (Wildman–Crippen MR) is 142 cm³/mol. The van der Waals surface area contributed by atoms with Crippen molar-refractivity contribution in [2.45, 2.75) is 32.2 Å². The third-order valence-corrected chi connectivity index (χ3v) is 6.78. The van der Waals surface area contributed by atoms with Crippen molar-refractivity contribution in [2.75, 3.05) is 45.7 Å². The fourth-order valence-electron chi connectivity index (χ4n) is 4.66. The van der Waals surface area contributed by atoms with Crippen molar-refractivity contribution < 1.29 is 14.3 Å². The number of ether oxygens (including phenoxy) is 1. The maximum atomic E-state index is 12.7. The van der Waals surface area contributed by atoms with Crippen LogP contribution in [-0.4, -0.2) is 73.1 Å². The van der Waals surface area contributed by atoms with Gasteiger partial charge in [-0.25, -0.2) is 4.79 Å². The number of aromatic nitrogens is 1. The van der Waals surface area contributed by atoms with Crippen molar-refractivity contribution in [2.24, 2.45) is 0 Å². The largest absolute Gasteiger partial charge is 0.497 e. The molecule has 0 saturated carbocycles. The van der Waals surface area contributed by atoms with Crippen LogP contribution in [0.1, 0.15) is 24.1 Å². The predicted octanol–water partition coefficient (Wildman–Crippen LogP) is 3.84. The Labute approximate surface area is 212 Å². The molecule has 0 aliphatic carbocycles. The fraction of sp³-hybridized carbons (Fsp3) is 0.393. The summed E-state index contributed by atoms with van der Waals surface area (Å²) in [4.78, 5) is 33.9. The quantitative estimate of drug-likeness (QED) is 0.477.